The predicted molar refractivity (Wildman–Crippen MR) is 64.8 cm³/mol. The summed E-state index contributed by atoms with van der Waals surface area (Å²) in [5, 5.41) is 5.78. The molecule has 2 N–H and O–H groups in total. The molecule has 4 nitrogen and oxygen atoms in total. The first-order chi connectivity index (χ1) is 7.77. The van der Waals surface area contributed by atoms with Crippen molar-refractivity contribution in [3.63, 3.8) is 0 Å². The van der Waals surface area contributed by atoms with E-state index in [1.54, 1.807) is 18.4 Å². The summed E-state index contributed by atoms with van der Waals surface area (Å²) < 4.78 is 10.6. The zero-order chi connectivity index (χ0) is 11.5. The average molecular weight is 238 g/mol. The maximum Gasteiger partial charge on any atom is 0.185 e. The highest BCUT2D eigenvalue weighted by molar-refractivity contribution is 7.14. The lowest BCUT2D eigenvalue weighted by molar-refractivity contribution is 0.409. The van der Waals surface area contributed by atoms with Crippen molar-refractivity contribution in [2.75, 3.05) is 12.8 Å². The fraction of sp³-hybridized carbons (Fsp3) is 0.364. The monoisotopic (exact) mass is 238 g/mol. The normalized spacial score (nSPS) is 10.6. The number of nitrogen functional groups attached to an aromatic ring is 1. The van der Waals surface area contributed by atoms with E-state index in [2.05, 4.69) is 12.1 Å². The largest absolute Gasteiger partial charge is 0.495 e. The van der Waals surface area contributed by atoms with Gasteiger partial charge in [0, 0.05) is 5.56 Å². The van der Waals surface area contributed by atoms with Crippen LogP contribution in [0.5, 0.6) is 5.75 Å². The minimum atomic E-state index is 0.479. The van der Waals surface area contributed by atoms with Crippen molar-refractivity contribution < 1.29 is 9.26 Å². The first-order valence-electron chi connectivity index (χ1n) is 5.13. The van der Waals surface area contributed by atoms with Crippen molar-refractivity contribution in [2.45, 2.75) is 19.8 Å². The van der Waals surface area contributed by atoms with E-state index in [9.17, 15) is 0 Å². The summed E-state index contributed by atoms with van der Waals surface area (Å²) in [5.74, 6) is 2.03. The molecule has 0 radical (unpaired) electrons. The van der Waals surface area contributed by atoms with E-state index in [0.717, 1.165) is 34.8 Å². The van der Waals surface area contributed by atoms with Crippen molar-refractivity contribution >= 4 is 17.2 Å². The van der Waals surface area contributed by atoms with Gasteiger partial charge in [-0.05, 0) is 17.9 Å². The number of methoxy groups -OCH3 is 1. The Hall–Kier alpha value is -1.49. The highest BCUT2D eigenvalue weighted by Crippen LogP contribution is 2.39. The Balaban J connectivity index is 2.47. The van der Waals surface area contributed by atoms with Crippen molar-refractivity contribution in [1.82, 2.24) is 5.16 Å². The lowest BCUT2D eigenvalue weighted by Gasteiger charge is -2.01. The minimum absolute atomic E-state index is 0.479. The molecule has 0 aliphatic heterocycles. The van der Waals surface area contributed by atoms with Crippen LogP contribution in [-0.2, 0) is 6.42 Å². The van der Waals surface area contributed by atoms with Crippen LogP contribution in [0.3, 0.4) is 0 Å². The quantitative estimate of drug-likeness (QED) is 0.889. The highest BCUT2D eigenvalue weighted by Gasteiger charge is 2.19. The summed E-state index contributed by atoms with van der Waals surface area (Å²) in [7, 11) is 1.64. The number of rotatable bonds is 4. The number of hydrogen-bond donors (Lipinski definition) is 1. The van der Waals surface area contributed by atoms with Crippen molar-refractivity contribution in [3.8, 4) is 16.4 Å². The average Bonchev–Trinajstić information content (AvgIpc) is 2.87. The first kappa shape index (κ1) is 11.0. The standard InChI is InChI=1S/C11H14N2O2S/c1-3-4-7-9(15-13-11(7)12)10-8(14-2)5-6-16-10/h5-6H,3-4H2,1-2H3,(H2,12,13). The van der Waals surface area contributed by atoms with E-state index < -0.39 is 0 Å². The second-order valence-electron chi connectivity index (χ2n) is 3.44. The predicted octanol–water partition coefficient (Wildman–Crippen LogP) is 2.95. The minimum Gasteiger partial charge on any atom is -0.495 e. The SMILES string of the molecule is CCCc1c(N)noc1-c1sccc1OC. The van der Waals surface area contributed by atoms with Gasteiger partial charge in [0.15, 0.2) is 11.6 Å². The summed E-state index contributed by atoms with van der Waals surface area (Å²) in [6.45, 7) is 2.10. The Labute approximate surface area is 98.0 Å². The summed E-state index contributed by atoms with van der Waals surface area (Å²) in [6, 6.07) is 1.91. The van der Waals surface area contributed by atoms with Crippen LogP contribution in [0.1, 0.15) is 18.9 Å². The van der Waals surface area contributed by atoms with Crippen LogP contribution in [0.25, 0.3) is 10.6 Å². The molecule has 0 bridgehead atoms. The number of nitrogens with two attached hydrogens (primary N) is 1. The lowest BCUT2D eigenvalue weighted by Crippen LogP contribution is -1.92. The molecule has 0 saturated heterocycles. The number of ether oxygens (including phenoxy) is 1. The number of aromatic nitrogens is 1. The molecule has 16 heavy (non-hydrogen) atoms. The molecule has 2 rings (SSSR count). The number of thiophene rings is 1. The third-order valence-corrected chi connectivity index (χ3v) is 3.27. The van der Waals surface area contributed by atoms with Gasteiger partial charge in [-0.25, -0.2) is 0 Å². The molecule has 0 saturated carbocycles. The van der Waals surface area contributed by atoms with Crippen molar-refractivity contribution in [1.29, 1.82) is 0 Å². The Morgan fingerprint density at radius 3 is 3.06 bits per heavy atom. The van der Waals surface area contributed by atoms with Gasteiger partial charge in [-0.15, -0.1) is 11.3 Å². The second-order valence-corrected chi connectivity index (χ2v) is 4.36. The number of nitrogens with zero attached hydrogens (tertiary/aromatic N) is 1. The maximum atomic E-state index is 5.78. The van der Waals surface area contributed by atoms with Crippen LogP contribution in [-0.4, -0.2) is 12.3 Å². The van der Waals surface area contributed by atoms with E-state index in [0.29, 0.717) is 5.82 Å². The fourth-order valence-corrected chi connectivity index (χ4v) is 2.48. The van der Waals surface area contributed by atoms with Gasteiger partial charge in [-0.3, -0.25) is 0 Å². The van der Waals surface area contributed by atoms with Gasteiger partial charge < -0.3 is 15.0 Å². The third kappa shape index (κ3) is 1.78. The molecule has 0 aromatic carbocycles. The smallest absolute Gasteiger partial charge is 0.185 e. The Morgan fingerprint density at radius 2 is 2.38 bits per heavy atom. The molecule has 0 atom stereocenters. The molecule has 0 amide bonds. The summed E-state index contributed by atoms with van der Waals surface area (Å²) in [4.78, 5) is 0.954. The van der Waals surface area contributed by atoms with Crippen LogP contribution >= 0.6 is 11.3 Å². The molecular weight excluding hydrogens is 224 g/mol. The number of anilines is 1. The van der Waals surface area contributed by atoms with Gasteiger partial charge in [0.25, 0.3) is 0 Å². The van der Waals surface area contributed by atoms with Crippen LogP contribution in [0, 0.1) is 0 Å². The summed E-state index contributed by atoms with van der Waals surface area (Å²) >= 11 is 1.57. The van der Waals surface area contributed by atoms with E-state index in [1.807, 2.05) is 11.4 Å². The molecular formula is C11H14N2O2S. The third-order valence-electron chi connectivity index (χ3n) is 2.37. The molecule has 2 aromatic rings. The van der Waals surface area contributed by atoms with Crippen LogP contribution in [0.2, 0.25) is 0 Å². The van der Waals surface area contributed by atoms with Crippen LogP contribution in [0.4, 0.5) is 5.82 Å². The van der Waals surface area contributed by atoms with E-state index >= 15 is 0 Å². The Morgan fingerprint density at radius 1 is 1.56 bits per heavy atom. The van der Waals surface area contributed by atoms with Crippen LogP contribution in [0.15, 0.2) is 16.0 Å². The molecule has 5 heteroatoms. The highest BCUT2D eigenvalue weighted by atomic mass is 32.1. The molecule has 0 aliphatic rings. The van der Waals surface area contributed by atoms with Gasteiger partial charge >= 0.3 is 0 Å². The second kappa shape index (κ2) is 4.57. The van der Waals surface area contributed by atoms with Gasteiger partial charge in [-0.2, -0.15) is 0 Å². The first-order valence-corrected chi connectivity index (χ1v) is 6.01. The zero-order valence-corrected chi connectivity index (χ0v) is 10.1. The van der Waals surface area contributed by atoms with Gasteiger partial charge in [0.05, 0.1) is 7.11 Å². The molecule has 0 unspecified atom stereocenters. The fourth-order valence-electron chi connectivity index (χ4n) is 1.62. The molecule has 0 spiro atoms. The van der Waals surface area contributed by atoms with Crippen molar-refractivity contribution in [2.24, 2.45) is 0 Å². The van der Waals surface area contributed by atoms with Gasteiger partial charge in [0.1, 0.15) is 10.6 Å². The lowest BCUT2D eigenvalue weighted by atomic mass is 10.1. The Kier molecular flexibility index (Phi) is 3.14. The summed E-state index contributed by atoms with van der Waals surface area (Å²) in [6.07, 6.45) is 1.87. The zero-order valence-electron chi connectivity index (χ0n) is 9.32. The van der Waals surface area contributed by atoms with E-state index in [-0.39, 0.29) is 0 Å². The summed E-state index contributed by atoms with van der Waals surface area (Å²) in [5.41, 5.74) is 6.76. The Bertz CT molecular complexity index is 476. The topological polar surface area (TPSA) is 61.3 Å². The van der Waals surface area contributed by atoms with Gasteiger partial charge in [0.2, 0.25) is 0 Å². The molecule has 86 valence electrons. The van der Waals surface area contributed by atoms with Crippen LogP contribution < -0.4 is 10.5 Å². The van der Waals surface area contributed by atoms with E-state index in [1.165, 1.54) is 0 Å². The molecule has 2 aromatic heterocycles. The maximum absolute atomic E-state index is 5.78. The molecule has 2 heterocycles. The molecule has 0 aliphatic carbocycles. The molecule has 0 fully saturated rings. The van der Waals surface area contributed by atoms with Crippen molar-refractivity contribution in [3.05, 3.63) is 17.0 Å². The number of hydrogen-bond acceptors (Lipinski definition) is 5. The van der Waals surface area contributed by atoms with Gasteiger partial charge in [-0.1, -0.05) is 18.5 Å². The van der Waals surface area contributed by atoms with E-state index in [4.69, 9.17) is 15.0 Å².